The molecule has 1 atom stereocenters. The van der Waals surface area contributed by atoms with Gasteiger partial charge in [0.15, 0.2) is 0 Å². The third-order valence-electron chi connectivity index (χ3n) is 4.39. The largest absolute Gasteiger partial charge is 0.325 e. The smallest absolute Gasteiger partial charge is 0.319 e. The van der Waals surface area contributed by atoms with Gasteiger partial charge in [-0.2, -0.15) is 0 Å². The minimum Gasteiger partial charge on any atom is -0.319 e. The number of rotatable bonds is 6. The predicted octanol–water partition coefficient (Wildman–Crippen LogP) is 3.52. The van der Waals surface area contributed by atoms with Gasteiger partial charge in [0, 0.05) is 17.4 Å². The topological polar surface area (TPSA) is 49.4 Å². The van der Waals surface area contributed by atoms with Crippen molar-refractivity contribution in [3.8, 4) is 0 Å². The van der Waals surface area contributed by atoms with Crippen molar-refractivity contribution in [2.45, 2.75) is 31.2 Å². The van der Waals surface area contributed by atoms with Crippen LogP contribution in [0.4, 0.5) is 4.79 Å². The van der Waals surface area contributed by atoms with Crippen molar-refractivity contribution < 1.29 is 9.59 Å². The molecule has 3 rings (SSSR count). The number of hydrogen-bond donors (Lipinski definition) is 1. The van der Waals surface area contributed by atoms with Crippen LogP contribution in [0, 0.1) is 5.92 Å². The first-order valence-corrected chi connectivity index (χ1v) is 8.47. The first kappa shape index (κ1) is 15.6. The summed E-state index contributed by atoms with van der Waals surface area (Å²) >= 11 is 11.6. The van der Waals surface area contributed by atoms with Crippen LogP contribution in [0.25, 0.3) is 0 Å². The van der Waals surface area contributed by atoms with E-state index in [2.05, 4.69) is 5.32 Å². The molecule has 1 aliphatic carbocycles. The molecule has 2 aliphatic rings. The number of benzene rings is 1. The van der Waals surface area contributed by atoms with E-state index < -0.39 is 5.54 Å². The maximum Gasteiger partial charge on any atom is 0.325 e. The second kappa shape index (κ2) is 6.09. The summed E-state index contributed by atoms with van der Waals surface area (Å²) in [6.07, 6.45) is 3.41. The fourth-order valence-corrected chi connectivity index (χ4v) is 3.41. The first-order valence-electron chi connectivity index (χ1n) is 7.55. The van der Waals surface area contributed by atoms with E-state index in [1.165, 1.54) is 4.90 Å². The average molecular weight is 341 g/mol. The van der Waals surface area contributed by atoms with E-state index in [1.807, 2.05) is 12.1 Å². The second-order valence-electron chi connectivity index (χ2n) is 5.87. The quantitative estimate of drug-likeness (QED) is 0.489. The van der Waals surface area contributed by atoms with E-state index in [0.717, 1.165) is 31.2 Å². The fourth-order valence-electron chi connectivity index (χ4n) is 3.10. The zero-order valence-electron chi connectivity index (χ0n) is 12.1. The normalized spacial score (nSPS) is 24.7. The minimum atomic E-state index is -0.914. The first-order chi connectivity index (χ1) is 10.6. The summed E-state index contributed by atoms with van der Waals surface area (Å²) in [5.41, 5.74) is -0.0968. The van der Waals surface area contributed by atoms with Crippen LogP contribution >= 0.6 is 23.2 Å². The van der Waals surface area contributed by atoms with E-state index in [1.54, 1.807) is 12.1 Å². The molecular formula is C16H18Cl2N2O2. The molecule has 2 fully saturated rings. The van der Waals surface area contributed by atoms with Crippen molar-refractivity contribution in [2.24, 2.45) is 5.92 Å². The average Bonchev–Trinajstić information content (AvgIpc) is 3.31. The van der Waals surface area contributed by atoms with Gasteiger partial charge in [-0.15, -0.1) is 11.6 Å². The molecule has 1 aromatic carbocycles. The van der Waals surface area contributed by atoms with Crippen molar-refractivity contribution in [3.05, 3.63) is 34.9 Å². The highest BCUT2D eigenvalue weighted by atomic mass is 35.5. The van der Waals surface area contributed by atoms with E-state index in [-0.39, 0.29) is 17.9 Å². The Morgan fingerprint density at radius 3 is 2.45 bits per heavy atom. The number of hydrogen-bond acceptors (Lipinski definition) is 2. The summed E-state index contributed by atoms with van der Waals surface area (Å²) in [7, 11) is 0. The molecule has 0 bridgehead atoms. The zero-order chi connectivity index (χ0) is 15.7. The lowest BCUT2D eigenvalue weighted by Crippen LogP contribution is -2.46. The Labute approximate surface area is 139 Å². The molecule has 1 unspecified atom stereocenters. The Morgan fingerprint density at radius 1 is 1.18 bits per heavy atom. The summed E-state index contributed by atoms with van der Waals surface area (Å²) in [4.78, 5) is 26.6. The lowest BCUT2D eigenvalue weighted by Gasteiger charge is -2.27. The number of unbranched alkanes of at least 4 members (excludes halogenated alkanes) is 1. The summed E-state index contributed by atoms with van der Waals surface area (Å²) in [6, 6.07) is 6.89. The zero-order valence-corrected chi connectivity index (χ0v) is 13.7. The third-order valence-corrected chi connectivity index (χ3v) is 4.91. The molecular weight excluding hydrogens is 323 g/mol. The molecule has 1 N–H and O–H groups in total. The number of urea groups is 1. The lowest BCUT2D eigenvalue weighted by molar-refractivity contribution is -0.132. The van der Waals surface area contributed by atoms with E-state index in [9.17, 15) is 9.59 Å². The van der Waals surface area contributed by atoms with Gasteiger partial charge in [0.2, 0.25) is 0 Å². The molecule has 0 radical (unpaired) electrons. The highest BCUT2D eigenvalue weighted by Crippen LogP contribution is 2.49. The second-order valence-corrected chi connectivity index (χ2v) is 6.69. The van der Waals surface area contributed by atoms with Crippen molar-refractivity contribution in [1.82, 2.24) is 10.2 Å². The molecule has 4 nitrogen and oxygen atoms in total. The number of carbonyl (C=O) groups excluding carboxylic acids is 2. The van der Waals surface area contributed by atoms with Crippen molar-refractivity contribution in [1.29, 1.82) is 0 Å². The molecule has 1 saturated carbocycles. The van der Waals surface area contributed by atoms with Crippen LogP contribution in [-0.2, 0) is 10.3 Å². The van der Waals surface area contributed by atoms with Crippen LogP contribution in [0.15, 0.2) is 24.3 Å². The van der Waals surface area contributed by atoms with Crippen LogP contribution in [0.5, 0.6) is 0 Å². The van der Waals surface area contributed by atoms with Gasteiger partial charge in [0.05, 0.1) is 0 Å². The standard InChI is InChI=1S/C16H18Cl2N2O2/c17-9-1-2-10-20-14(21)16(11-3-4-11,19-15(20)22)12-5-7-13(18)8-6-12/h5-8,11H,1-4,9-10H2,(H,19,22). The highest BCUT2D eigenvalue weighted by Gasteiger charge is 2.59. The minimum absolute atomic E-state index is 0.142. The van der Waals surface area contributed by atoms with Gasteiger partial charge in [-0.1, -0.05) is 23.7 Å². The molecule has 118 valence electrons. The summed E-state index contributed by atoms with van der Waals surface area (Å²) in [6.45, 7) is 0.416. The molecule has 3 amide bonds. The number of amides is 3. The Kier molecular flexibility index (Phi) is 4.33. The molecule has 22 heavy (non-hydrogen) atoms. The Morgan fingerprint density at radius 2 is 1.86 bits per heavy atom. The van der Waals surface area contributed by atoms with Gasteiger partial charge in [-0.05, 0) is 49.3 Å². The number of carbonyl (C=O) groups is 2. The van der Waals surface area contributed by atoms with Gasteiger partial charge in [-0.3, -0.25) is 9.69 Å². The molecule has 0 aromatic heterocycles. The fraction of sp³-hybridized carbons (Fsp3) is 0.500. The Bertz CT molecular complexity index is 586. The monoisotopic (exact) mass is 340 g/mol. The molecule has 1 aromatic rings. The molecule has 1 aliphatic heterocycles. The van der Waals surface area contributed by atoms with E-state index >= 15 is 0 Å². The van der Waals surface area contributed by atoms with Gasteiger partial charge in [-0.25, -0.2) is 4.79 Å². The van der Waals surface area contributed by atoms with Crippen LogP contribution in [0.1, 0.15) is 31.2 Å². The highest BCUT2D eigenvalue weighted by molar-refractivity contribution is 6.30. The molecule has 0 spiro atoms. The number of imide groups is 1. The van der Waals surface area contributed by atoms with Crippen LogP contribution in [-0.4, -0.2) is 29.3 Å². The Hall–Kier alpha value is -1.26. The summed E-state index contributed by atoms with van der Waals surface area (Å²) in [5.74, 6) is 0.564. The lowest BCUT2D eigenvalue weighted by atomic mass is 9.85. The number of halogens is 2. The maximum atomic E-state index is 13.0. The van der Waals surface area contributed by atoms with Crippen LogP contribution in [0.2, 0.25) is 5.02 Å². The van der Waals surface area contributed by atoms with E-state index in [0.29, 0.717) is 17.4 Å². The van der Waals surface area contributed by atoms with Crippen LogP contribution in [0.3, 0.4) is 0 Å². The molecule has 1 saturated heterocycles. The number of nitrogens with one attached hydrogen (secondary N) is 1. The maximum absolute atomic E-state index is 13.0. The van der Waals surface area contributed by atoms with Gasteiger partial charge in [0.1, 0.15) is 5.54 Å². The number of alkyl halides is 1. The molecule has 1 heterocycles. The van der Waals surface area contributed by atoms with Crippen molar-refractivity contribution >= 4 is 35.1 Å². The van der Waals surface area contributed by atoms with Gasteiger partial charge in [0.25, 0.3) is 5.91 Å². The summed E-state index contributed by atoms with van der Waals surface area (Å²) in [5, 5.41) is 3.57. The number of nitrogens with zero attached hydrogens (tertiary/aromatic N) is 1. The van der Waals surface area contributed by atoms with E-state index in [4.69, 9.17) is 23.2 Å². The van der Waals surface area contributed by atoms with Gasteiger partial charge < -0.3 is 5.32 Å². The summed E-state index contributed by atoms with van der Waals surface area (Å²) < 4.78 is 0. The van der Waals surface area contributed by atoms with Gasteiger partial charge >= 0.3 is 6.03 Å². The van der Waals surface area contributed by atoms with Crippen LogP contribution < -0.4 is 5.32 Å². The predicted molar refractivity (Wildman–Crippen MR) is 86.1 cm³/mol. The SMILES string of the molecule is O=C1NC(c2ccc(Cl)cc2)(C2CC2)C(=O)N1CCCCCl. The Balaban J connectivity index is 1.90. The van der Waals surface area contributed by atoms with Crippen molar-refractivity contribution in [2.75, 3.05) is 12.4 Å². The van der Waals surface area contributed by atoms with Crippen molar-refractivity contribution in [3.63, 3.8) is 0 Å². The molecule has 6 heteroatoms. The third kappa shape index (κ3) is 2.59.